The Morgan fingerprint density at radius 2 is 1.70 bits per heavy atom. The average Bonchev–Trinajstić information content (AvgIpc) is 2.71. The van der Waals surface area contributed by atoms with Gasteiger partial charge in [0.05, 0.1) is 6.04 Å². The number of fused-ring (bicyclic) bond motifs is 1. The molecule has 2 heterocycles. The van der Waals surface area contributed by atoms with E-state index in [0.29, 0.717) is 56.2 Å². The van der Waals surface area contributed by atoms with Gasteiger partial charge in [-0.05, 0) is 71.8 Å². The van der Waals surface area contributed by atoms with Gasteiger partial charge >= 0.3 is 6.03 Å². The molecule has 0 saturated carbocycles. The van der Waals surface area contributed by atoms with Gasteiger partial charge in [-0.25, -0.2) is 4.79 Å². The minimum atomic E-state index is -0.497. The van der Waals surface area contributed by atoms with E-state index in [4.69, 9.17) is 9.47 Å². The fourth-order valence-electron chi connectivity index (χ4n) is 3.74. The average molecular weight is 418 g/mol. The lowest BCUT2D eigenvalue weighted by atomic mass is 9.88. The monoisotopic (exact) mass is 417 g/mol. The zero-order chi connectivity index (χ0) is 21.9. The quantitative estimate of drug-likeness (QED) is 0.730. The first-order valence-electron chi connectivity index (χ1n) is 10.4. The summed E-state index contributed by atoms with van der Waals surface area (Å²) in [7, 11) is 0. The molecule has 1 saturated heterocycles. The topological polar surface area (TPSA) is 97.0 Å². The van der Waals surface area contributed by atoms with Gasteiger partial charge < -0.3 is 14.8 Å². The number of carbonyl (C=O) groups excluding carboxylic acids is 3. The third-order valence-corrected chi connectivity index (χ3v) is 5.38. The number of nitrogens with one attached hydrogen (secondary N) is 2. The first kappa shape index (κ1) is 22.1. The van der Waals surface area contributed by atoms with Crippen LogP contribution in [0.15, 0.2) is 18.2 Å². The molecule has 0 radical (unpaired) electrons. The van der Waals surface area contributed by atoms with Crippen molar-refractivity contribution in [2.75, 3.05) is 26.3 Å². The summed E-state index contributed by atoms with van der Waals surface area (Å²) in [5, 5.41) is 5.12. The Morgan fingerprint density at radius 1 is 1.07 bits per heavy atom. The van der Waals surface area contributed by atoms with Gasteiger partial charge in [-0.15, -0.1) is 0 Å². The van der Waals surface area contributed by atoms with Crippen LogP contribution in [0.5, 0.6) is 11.5 Å². The zero-order valence-electron chi connectivity index (χ0n) is 18.1. The summed E-state index contributed by atoms with van der Waals surface area (Å²) in [6.45, 7) is 9.58. The Hall–Kier alpha value is -2.61. The van der Waals surface area contributed by atoms with Crippen LogP contribution in [0, 0.1) is 5.92 Å². The Kier molecular flexibility index (Phi) is 6.65. The van der Waals surface area contributed by atoms with E-state index < -0.39 is 17.6 Å². The molecule has 3 amide bonds. The second-order valence-electron chi connectivity index (χ2n) is 8.90. The van der Waals surface area contributed by atoms with Crippen molar-refractivity contribution >= 4 is 17.7 Å². The van der Waals surface area contributed by atoms with Crippen LogP contribution < -0.4 is 20.1 Å². The van der Waals surface area contributed by atoms with Gasteiger partial charge in [0.2, 0.25) is 5.91 Å². The maximum atomic E-state index is 12.9. The molecule has 8 heteroatoms. The standard InChI is InChI=1S/C22H31N3O5/c1-14(20(27)23-21(28)24-22(2,3)4)25-9-7-15(8-10-25)19(26)16-5-6-17-18(13-16)30-12-11-29-17/h5-6,13-15H,7-12H2,1-4H3,(H2,23,24,27,28). The molecule has 30 heavy (non-hydrogen) atoms. The molecular weight excluding hydrogens is 386 g/mol. The number of ketones is 1. The SMILES string of the molecule is CC(C(=O)NC(=O)NC(C)(C)C)N1CCC(C(=O)c2ccc3c(c2)OCCO3)CC1. The Bertz CT molecular complexity index is 809. The van der Waals surface area contributed by atoms with Crippen LogP contribution in [-0.2, 0) is 4.79 Å². The van der Waals surface area contributed by atoms with Crippen LogP contribution in [0.3, 0.4) is 0 Å². The predicted molar refractivity (Wildman–Crippen MR) is 112 cm³/mol. The summed E-state index contributed by atoms with van der Waals surface area (Å²) < 4.78 is 11.1. The van der Waals surface area contributed by atoms with Crippen molar-refractivity contribution in [1.82, 2.24) is 15.5 Å². The Morgan fingerprint density at radius 3 is 2.33 bits per heavy atom. The second kappa shape index (κ2) is 9.04. The molecule has 1 fully saturated rings. The third-order valence-electron chi connectivity index (χ3n) is 5.38. The van der Waals surface area contributed by atoms with Gasteiger partial charge in [0.1, 0.15) is 13.2 Å². The van der Waals surface area contributed by atoms with Crippen molar-refractivity contribution in [3.05, 3.63) is 23.8 Å². The Balaban J connectivity index is 1.52. The number of ether oxygens (including phenoxy) is 2. The summed E-state index contributed by atoms with van der Waals surface area (Å²) in [6, 6.07) is 4.38. The summed E-state index contributed by atoms with van der Waals surface area (Å²) in [6.07, 6.45) is 1.33. The number of imide groups is 1. The minimum Gasteiger partial charge on any atom is -0.486 e. The van der Waals surface area contributed by atoms with Crippen LogP contribution in [0.25, 0.3) is 0 Å². The summed E-state index contributed by atoms with van der Waals surface area (Å²) in [5.74, 6) is 0.941. The van der Waals surface area contributed by atoms with Crippen LogP contribution in [0.2, 0.25) is 0 Å². The number of nitrogens with zero attached hydrogens (tertiary/aromatic N) is 1. The van der Waals surface area contributed by atoms with Crippen molar-refractivity contribution in [3.8, 4) is 11.5 Å². The van der Waals surface area contributed by atoms with Gasteiger partial charge in [0.15, 0.2) is 17.3 Å². The number of Topliss-reactive ketones (excluding diaryl/α,β-unsaturated/α-hetero) is 1. The number of hydrogen-bond acceptors (Lipinski definition) is 6. The molecule has 2 aliphatic rings. The number of piperidine rings is 1. The van der Waals surface area contributed by atoms with Crippen molar-refractivity contribution in [3.63, 3.8) is 0 Å². The number of benzene rings is 1. The number of likely N-dealkylation sites (tertiary alicyclic amines) is 1. The van der Waals surface area contributed by atoms with Crippen LogP contribution in [0.1, 0.15) is 50.9 Å². The highest BCUT2D eigenvalue weighted by molar-refractivity contribution is 5.99. The first-order valence-corrected chi connectivity index (χ1v) is 10.4. The fourth-order valence-corrected chi connectivity index (χ4v) is 3.74. The highest BCUT2D eigenvalue weighted by Crippen LogP contribution is 2.32. The molecule has 0 spiro atoms. The van der Waals surface area contributed by atoms with Crippen molar-refractivity contribution < 1.29 is 23.9 Å². The molecule has 3 rings (SSSR count). The third kappa shape index (κ3) is 5.50. The number of amides is 3. The predicted octanol–water partition coefficient (Wildman–Crippen LogP) is 2.37. The maximum Gasteiger partial charge on any atom is 0.321 e. The summed E-state index contributed by atoms with van der Waals surface area (Å²) in [5.41, 5.74) is 0.211. The number of hydrogen-bond donors (Lipinski definition) is 2. The van der Waals surface area contributed by atoms with E-state index in [1.54, 1.807) is 25.1 Å². The highest BCUT2D eigenvalue weighted by Gasteiger charge is 2.31. The number of rotatable bonds is 4. The van der Waals surface area contributed by atoms with Crippen molar-refractivity contribution in [1.29, 1.82) is 0 Å². The van der Waals surface area contributed by atoms with E-state index in [-0.39, 0.29) is 17.6 Å². The van der Waals surface area contributed by atoms with Crippen molar-refractivity contribution in [2.45, 2.75) is 52.1 Å². The fraction of sp³-hybridized carbons (Fsp3) is 0.591. The molecule has 2 N–H and O–H groups in total. The van der Waals surface area contributed by atoms with E-state index in [1.807, 2.05) is 25.7 Å². The summed E-state index contributed by atoms with van der Waals surface area (Å²) >= 11 is 0. The smallest absolute Gasteiger partial charge is 0.321 e. The lowest BCUT2D eigenvalue weighted by molar-refractivity contribution is -0.125. The van der Waals surface area contributed by atoms with Crippen LogP contribution in [0.4, 0.5) is 4.79 Å². The van der Waals surface area contributed by atoms with Crippen molar-refractivity contribution in [2.24, 2.45) is 5.92 Å². The van der Waals surface area contributed by atoms with E-state index in [2.05, 4.69) is 10.6 Å². The number of urea groups is 1. The molecule has 8 nitrogen and oxygen atoms in total. The van der Waals surface area contributed by atoms with Gasteiger partial charge in [0.25, 0.3) is 0 Å². The molecule has 0 aromatic heterocycles. The molecule has 1 aromatic rings. The first-order chi connectivity index (χ1) is 14.1. The van der Waals surface area contributed by atoms with E-state index in [0.717, 1.165) is 0 Å². The Labute approximate surface area is 177 Å². The molecule has 164 valence electrons. The maximum absolute atomic E-state index is 12.9. The number of carbonyl (C=O) groups is 3. The minimum absolute atomic E-state index is 0.0910. The molecule has 1 atom stereocenters. The van der Waals surface area contributed by atoms with Gasteiger partial charge in [-0.1, -0.05) is 0 Å². The molecule has 0 bridgehead atoms. The normalized spacial score (nSPS) is 18.4. The lowest BCUT2D eigenvalue weighted by Gasteiger charge is -2.34. The summed E-state index contributed by atoms with van der Waals surface area (Å²) in [4.78, 5) is 39.3. The van der Waals surface area contributed by atoms with Gasteiger partial charge in [-0.2, -0.15) is 0 Å². The zero-order valence-corrected chi connectivity index (χ0v) is 18.1. The largest absolute Gasteiger partial charge is 0.486 e. The van der Waals surface area contributed by atoms with E-state index in [1.165, 1.54) is 0 Å². The molecule has 2 aliphatic heterocycles. The molecule has 1 aromatic carbocycles. The van der Waals surface area contributed by atoms with Gasteiger partial charge in [-0.3, -0.25) is 19.8 Å². The molecular formula is C22H31N3O5. The van der Waals surface area contributed by atoms with Gasteiger partial charge in [0, 0.05) is 17.0 Å². The lowest BCUT2D eigenvalue weighted by Crippen LogP contribution is -2.54. The second-order valence-corrected chi connectivity index (χ2v) is 8.90. The van der Waals surface area contributed by atoms with E-state index >= 15 is 0 Å². The molecule has 1 unspecified atom stereocenters. The van der Waals surface area contributed by atoms with Crippen LogP contribution in [-0.4, -0.2) is 60.5 Å². The van der Waals surface area contributed by atoms with E-state index in [9.17, 15) is 14.4 Å². The highest BCUT2D eigenvalue weighted by atomic mass is 16.6. The molecule has 0 aliphatic carbocycles. The van der Waals surface area contributed by atoms with Crippen LogP contribution >= 0.6 is 0 Å².